The second-order valence-electron chi connectivity index (χ2n) is 11.4. The lowest BCUT2D eigenvalue weighted by molar-refractivity contribution is -0.133. The van der Waals surface area contributed by atoms with Crippen molar-refractivity contribution in [2.75, 3.05) is 45.9 Å². The Kier molecular flexibility index (Phi) is 9.31. The third kappa shape index (κ3) is 7.81. The van der Waals surface area contributed by atoms with Crippen molar-refractivity contribution in [2.45, 2.75) is 52.6 Å². The van der Waals surface area contributed by atoms with E-state index in [1.54, 1.807) is 9.91 Å². The molecular weight excluding hydrogens is 514 g/mol. The summed E-state index contributed by atoms with van der Waals surface area (Å²) in [4.78, 5) is 31.0. The van der Waals surface area contributed by atoms with Crippen molar-refractivity contribution >= 4 is 29.3 Å². The summed E-state index contributed by atoms with van der Waals surface area (Å²) >= 11 is 6.16. The number of hydrazone groups is 1. The van der Waals surface area contributed by atoms with Crippen LogP contribution in [0.15, 0.2) is 47.6 Å². The fourth-order valence-corrected chi connectivity index (χ4v) is 4.88. The SMILES string of the molecule is Cc1ccc(C2=NN(C(=O)CN(CCN3CCOCC3)C(=O)NC(C)(C)C)[C@@H](c3ccc(Cl)cc3)C2)cc1C. The van der Waals surface area contributed by atoms with E-state index in [4.69, 9.17) is 21.4 Å². The van der Waals surface area contributed by atoms with Crippen LogP contribution in [0.1, 0.15) is 55.5 Å². The summed E-state index contributed by atoms with van der Waals surface area (Å²) in [6, 6.07) is 13.3. The quantitative estimate of drug-likeness (QED) is 0.535. The summed E-state index contributed by atoms with van der Waals surface area (Å²) in [5, 5.41) is 10.0. The molecule has 1 fully saturated rings. The smallest absolute Gasteiger partial charge is 0.318 e. The molecule has 0 aliphatic carbocycles. The van der Waals surface area contributed by atoms with E-state index in [0.29, 0.717) is 37.7 Å². The van der Waals surface area contributed by atoms with E-state index in [0.717, 1.165) is 29.9 Å². The number of aryl methyl sites for hydroxylation is 2. The Morgan fingerprint density at radius 2 is 1.77 bits per heavy atom. The lowest BCUT2D eigenvalue weighted by Crippen LogP contribution is -2.53. The summed E-state index contributed by atoms with van der Waals surface area (Å²) in [6.07, 6.45) is 0.581. The maximum Gasteiger partial charge on any atom is 0.318 e. The van der Waals surface area contributed by atoms with Crippen LogP contribution in [-0.4, -0.2) is 83.9 Å². The third-order valence-corrected chi connectivity index (χ3v) is 7.40. The number of hydrogen-bond acceptors (Lipinski definition) is 5. The fraction of sp³-hybridized carbons (Fsp3) is 0.500. The van der Waals surface area contributed by atoms with Gasteiger partial charge in [-0.1, -0.05) is 35.9 Å². The molecule has 0 unspecified atom stereocenters. The van der Waals surface area contributed by atoms with Gasteiger partial charge in [-0.2, -0.15) is 5.10 Å². The molecule has 0 spiro atoms. The molecule has 0 aromatic heterocycles. The lowest BCUT2D eigenvalue weighted by Gasteiger charge is -2.32. The minimum atomic E-state index is -0.425. The van der Waals surface area contributed by atoms with Crippen molar-refractivity contribution in [1.82, 2.24) is 20.1 Å². The highest BCUT2D eigenvalue weighted by atomic mass is 35.5. The molecule has 2 aromatic rings. The minimum absolute atomic E-state index is 0.0694. The second kappa shape index (κ2) is 12.5. The van der Waals surface area contributed by atoms with Gasteiger partial charge in [0.05, 0.1) is 25.0 Å². The highest BCUT2D eigenvalue weighted by molar-refractivity contribution is 6.30. The van der Waals surface area contributed by atoms with Crippen molar-refractivity contribution in [1.29, 1.82) is 0 Å². The van der Waals surface area contributed by atoms with Crippen LogP contribution in [0.2, 0.25) is 5.02 Å². The van der Waals surface area contributed by atoms with Gasteiger partial charge in [-0.3, -0.25) is 9.69 Å². The van der Waals surface area contributed by atoms with E-state index < -0.39 is 5.54 Å². The van der Waals surface area contributed by atoms with Crippen LogP contribution in [0.4, 0.5) is 4.79 Å². The molecule has 2 aromatic carbocycles. The number of nitrogens with zero attached hydrogens (tertiary/aromatic N) is 4. The van der Waals surface area contributed by atoms with E-state index in [-0.39, 0.29) is 24.5 Å². The molecule has 2 heterocycles. The number of amides is 3. The summed E-state index contributed by atoms with van der Waals surface area (Å²) in [5.41, 5.74) is 4.77. The maximum absolute atomic E-state index is 13.9. The Morgan fingerprint density at radius 1 is 1.08 bits per heavy atom. The van der Waals surface area contributed by atoms with Crippen molar-refractivity contribution in [2.24, 2.45) is 5.10 Å². The zero-order valence-electron chi connectivity index (χ0n) is 23.7. The Bertz CT molecular complexity index is 1200. The van der Waals surface area contributed by atoms with E-state index in [9.17, 15) is 9.59 Å². The van der Waals surface area contributed by atoms with E-state index >= 15 is 0 Å². The van der Waals surface area contributed by atoms with Crippen LogP contribution < -0.4 is 5.32 Å². The number of hydrogen-bond donors (Lipinski definition) is 1. The molecule has 0 saturated carbocycles. The van der Waals surface area contributed by atoms with Crippen LogP contribution in [0.25, 0.3) is 0 Å². The molecule has 39 heavy (non-hydrogen) atoms. The number of rotatable bonds is 7. The van der Waals surface area contributed by atoms with Crippen molar-refractivity contribution in [3.8, 4) is 0 Å². The number of halogens is 1. The summed E-state index contributed by atoms with van der Waals surface area (Å²) in [5.74, 6) is -0.222. The van der Waals surface area contributed by atoms with Gasteiger partial charge in [0.25, 0.3) is 5.91 Å². The number of nitrogens with one attached hydrogen (secondary N) is 1. The topological polar surface area (TPSA) is 77.5 Å². The Morgan fingerprint density at radius 3 is 2.41 bits per heavy atom. The number of morpholine rings is 1. The Hall–Kier alpha value is -2.94. The molecule has 210 valence electrons. The first-order chi connectivity index (χ1) is 18.5. The van der Waals surface area contributed by atoms with Crippen molar-refractivity contribution in [3.05, 3.63) is 69.7 Å². The van der Waals surface area contributed by atoms with Crippen LogP contribution >= 0.6 is 11.6 Å². The van der Waals surface area contributed by atoms with Gasteiger partial charge in [-0.15, -0.1) is 0 Å². The van der Waals surface area contributed by atoms with E-state index in [1.165, 1.54) is 11.1 Å². The number of benzene rings is 2. The van der Waals surface area contributed by atoms with Crippen molar-refractivity contribution < 1.29 is 14.3 Å². The van der Waals surface area contributed by atoms with Gasteiger partial charge in [0.2, 0.25) is 0 Å². The predicted octanol–water partition coefficient (Wildman–Crippen LogP) is 4.78. The Balaban J connectivity index is 1.58. The molecule has 2 aliphatic rings. The molecule has 0 radical (unpaired) electrons. The van der Waals surface area contributed by atoms with Gasteiger partial charge >= 0.3 is 6.03 Å². The van der Waals surface area contributed by atoms with Crippen molar-refractivity contribution in [3.63, 3.8) is 0 Å². The molecule has 1 N–H and O–H groups in total. The zero-order valence-corrected chi connectivity index (χ0v) is 24.4. The van der Waals surface area contributed by atoms with Crippen LogP contribution in [0.3, 0.4) is 0 Å². The first kappa shape index (κ1) is 29.1. The Labute approximate surface area is 236 Å². The first-order valence-electron chi connectivity index (χ1n) is 13.6. The van der Waals surface area contributed by atoms with Crippen LogP contribution in [0.5, 0.6) is 0 Å². The monoisotopic (exact) mass is 553 g/mol. The lowest BCUT2D eigenvalue weighted by atomic mass is 9.96. The van der Waals surface area contributed by atoms with Gasteiger partial charge in [0.15, 0.2) is 0 Å². The van der Waals surface area contributed by atoms with Gasteiger partial charge in [0, 0.05) is 43.2 Å². The molecule has 8 nitrogen and oxygen atoms in total. The molecule has 2 aliphatic heterocycles. The van der Waals surface area contributed by atoms with Gasteiger partial charge in [-0.25, -0.2) is 9.80 Å². The number of carbonyl (C=O) groups is 2. The van der Waals surface area contributed by atoms with Gasteiger partial charge < -0.3 is 15.0 Å². The summed E-state index contributed by atoms with van der Waals surface area (Å²) in [6.45, 7) is 14.0. The van der Waals surface area contributed by atoms with Gasteiger partial charge in [0.1, 0.15) is 6.54 Å². The van der Waals surface area contributed by atoms with Crippen LogP contribution in [-0.2, 0) is 9.53 Å². The standard InChI is InChI=1S/C30H40ClN5O3/c1-21-6-7-24(18-22(21)2)26-19-27(23-8-10-25(31)11-9-23)36(33-26)28(37)20-35(29(38)32-30(3,4)5)13-12-34-14-16-39-17-15-34/h6-11,18,27H,12-17,19-20H2,1-5H3,(H,32,38)/t27-/m1/s1. The highest BCUT2D eigenvalue weighted by Gasteiger charge is 2.35. The van der Waals surface area contributed by atoms with E-state index in [2.05, 4.69) is 42.3 Å². The maximum atomic E-state index is 13.9. The third-order valence-electron chi connectivity index (χ3n) is 7.15. The minimum Gasteiger partial charge on any atom is -0.379 e. The molecule has 3 amide bonds. The van der Waals surface area contributed by atoms with Crippen LogP contribution in [0, 0.1) is 13.8 Å². The summed E-state index contributed by atoms with van der Waals surface area (Å²) < 4.78 is 5.46. The average molecular weight is 554 g/mol. The molecule has 9 heteroatoms. The number of urea groups is 1. The first-order valence-corrected chi connectivity index (χ1v) is 14.0. The zero-order chi connectivity index (χ0) is 28.2. The molecule has 1 atom stereocenters. The highest BCUT2D eigenvalue weighted by Crippen LogP contribution is 2.34. The van der Waals surface area contributed by atoms with E-state index in [1.807, 2.05) is 45.0 Å². The normalized spacial score (nSPS) is 18.2. The molecule has 1 saturated heterocycles. The predicted molar refractivity (Wildman–Crippen MR) is 155 cm³/mol. The second-order valence-corrected chi connectivity index (χ2v) is 11.8. The fourth-order valence-electron chi connectivity index (χ4n) is 4.76. The van der Waals surface area contributed by atoms with Gasteiger partial charge in [-0.05, 0) is 75.1 Å². The number of carbonyl (C=O) groups excluding carboxylic acids is 2. The molecular formula is C30H40ClN5O3. The molecule has 4 rings (SSSR count). The average Bonchev–Trinajstić information content (AvgIpc) is 3.34. The largest absolute Gasteiger partial charge is 0.379 e. The number of ether oxygens (including phenoxy) is 1. The summed E-state index contributed by atoms with van der Waals surface area (Å²) in [7, 11) is 0. The molecule has 0 bridgehead atoms.